The third-order valence-corrected chi connectivity index (χ3v) is 4.40. The van der Waals surface area contributed by atoms with Crippen LogP contribution in [0.15, 0.2) is 55.1 Å². The van der Waals surface area contributed by atoms with Crippen molar-refractivity contribution in [2.24, 2.45) is 0 Å². The van der Waals surface area contributed by atoms with Gasteiger partial charge < -0.3 is 10.6 Å². The van der Waals surface area contributed by atoms with Crippen molar-refractivity contribution in [3.8, 4) is 5.82 Å². The molecule has 0 spiro atoms. The number of hydrogen-bond acceptors (Lipinski definition) is 3. The Kier molecular flexibility index (Phi) is 6.09. The van der Waals surface area contributed by atoms with E-state index in [-0.39, 0.29) is 6.03 Å². The summed E-state index contributed by atoms with van der Waals surface area (Å²) in [5.41, 5.74) is 1.77. The molecule has 0 fully saturated rings. The number of hydrogen-bond donors (Lipinski definition) is 2. The third-order valence-electron chi connectivity index (χ3n) is 3.66. The average Bonchev–Trinajstić information content (AvgIpc) is 3.18. The Balaban J connectivity index is 1.45. The second kappa shape index (κ2) is 8.69. The fourth-order valence-electron chi connectivity index (χ4n) is 2.34. The van der Waals surface area contributed by atoms with Crippen LogP contribution in [-0.2, 0) is 13.0 Å². The summed E-state index contributed by atoms with van der Waals surface area (Å²) in [6.45, 7) is 0.852. The van der Waals surface area contributed by atoms with Gasteiger partial charge in [-0.05, 0) is 29.8 Å². The van der Waals surface area contributed by atoms with Gasteiger partial charge in [0.15, 0.2) is 0 Å². The predicted octanol–water partition coefficient (Wildman–Crippen LogP) is 3.62. The van der Waals surface area contributed by atoms with E-state index >= 15 is 0 Å². The van der Waals surface area contributed by atoms with E-state index in [9.17, 15) is 4.79 Å². The number of nitrogens with one attached hydrogen (secondary N) is 2. The monoisotopic (exact) mass is 389 g/mol. The highest BCUT2D eigenvalue weighted by Crippen LogP contribution is 2.22. The summed E-state index contributed by atoms with van der Waals surface area (Å²) in [6, 6.07) is 10.8. The van der Waals surface area contributed by atoms with Gasteiger partial charge in [0.2, 0.25) is 0 Å². The third kappa shape index (κ3) is 4.97. The highest BCUT2D eigenvalue weighted by atomic mass is 35.5. The molecule has 0 aliphatic rings. The highest BCUT2D eigenvalue weighted by molar-refractivity contribution is 6.42. The van der Waals surface area contributed by atoms with E-state index in [0.29, 0.717) is 29.6 Å². The number of carbonyl (C=O) groups excluding carboxylic acids is 1. The lowest BCUT2D eigenvalue weighted by atomic mass is 10.2. The summed E-state index contributed by atoms with van der Waals surface area (Å²) in [7, 11) is 0. The van der Waals surface area contributed by atoms with Crippen LogP contribution in [-0.4, -0.2) is 27.1 Å². The fourth-order valence-corrected chi connectivity index (χ4v) is 2.66. The molecular formula is C18H17Cl2N5O. The van der Waals surface area contributed by atoms with Crippen LogP contribution in [0, 0.1) is 0 Å². The van der Waals surface area contributed by atoms with E-state index < -0.39 is 0 Å². The van der Waals surface area contributed by atoms with Gasteiger partial charge in [0, 0.05) is 37.6 Å². The van der Waals surface area contributed by atoms with Crippen molar-refractivity contribution in [3.05, 3.63) is 76.4 Å². The van der Waals surface area contributed by atoms with Gasteiger partial charge in [-0.3, -0.25) is 4.57 Å². The Morgan fingerprint density at radius 2 is 2.00 bits per heavy atom. The molecule has 0 saturated carbocycles. The van der Waals surface area contributed by atoms with Crippen LogP contribution in [0.1, 0.15) is 11.3 Å². The number of amides is 2. The molecule has 0 atom stereocenters. The van der Waals surface area contributed by atoms with E-state index in [1.165, 1.54) is 0 Å². The lowest BCUT2D eigenvalue weighted by Gasteiger charge is -2.09. The Morgan fingerprint density at radius 3 is 2.77 bits per heavy atom. The maximum Gasteiger partial charge on any atom is 0.315 e. The Bertz CT molecular complexity index is 883. The van der Waals surface area contributed by atoms with Crippen molar-refractivity contribution < 1.29 is 4.79 Å². The van der Waals surface area contributed by atoms with Gasteiger partial charge >= 0.3 is 6.03 Å². The van der Waals surface area contributed by atoms with E-state index in [4.69, 9.17) is 23.2 Å². The van der Waals surface area contributed by atoms with Gasteiger partial charge in [-0.2, -0.15) is 0 Å². The van der Waals surface area contributed by atoms with Crippen LogP contribution in [0.3, 0.4) is 0 Å². The van der Waals surface area contributed by atoms with Crippen molar-refractivity contribution in [2.75, 3.05) is 6.54 Å². The number of imidazole rings is 1. The second-order valence-corrected chi connectivity index (χ2v) is 6.38. The van der Waals surface area contributed by atoms with Crippen molar-refractivity contribution in [1.29, 1.82) is 0 Å². The number of benzene rings is 1. The summed E-state index contributed by atoms with van der Waals surface area (Å²) >= 11 is 11.8. The molecule has 8 heteroatoms. The van der Waals surface area contributed by atoms with Crippen molar-refractivity contribution in [1.82, 2.24) is 25.2 Å². The molecule has 26 heavy (non-hydrogen) atoms. The lowest BCUT2D eigenvalue weighted by molar-refractivity contribution is 0.240. The van der Waals surface area contributed by atoms with Crippen molar-refractivity contribution in [3.63, 3.8) is 0 Å². The largest absolute Gasteiger partial charge is 0.338 e. The minimum atomic E-state index is -0.248. The summed E-state index contributed by atoms with van der Waals surface area (Å²) < 4.78 is 1.83. The molecule has 2 amide bonds. The molecule has 2 heterocycles. The van der Waals surface area contributed by atoms with Crippen molar-refractivity contribution >= 4 is 29.2 Å². The van der Waals surface area contributed by atoms with Gasteiger partial charge in [0.25, 0.3) is 0 Å². The SMILES string of the molecule is O=C(NCCc1cccc(-n2ccnc2)n1)NCc1ccc(Cl)c(Cl)c1. The molecule has 2 aromatic heterocycles. The van der Waals surface area contributed by atoms with Crippen LogP contribution >= 0.6 is 23.2 Å². The predicted molar refractivity (Wildman–Crippen MR) is 102 cm³/mol. The standard InChI is InChI=1S/C18H17Cl2N5O/c19-15-5-4-13(10-16(15)20)11-23-18(26)22-7-6-14-2-1-3-17(24-14)25-9-8-21-12-25/h1-5,8-10,12H,6-7,11H2,(H2,22,23,26). The fraction of sp³-hybridized carbons (Fsp3) is 0.167. The molecule has 2 N–H and O–H groups in total. The Morgan fingerprint density at radius 1 is 1.12 bits per heavy atom. The molecule has 0 aliphatic carbocycles. The normalized spacial score (nSPS) is 10.5. The lowest BCUT2D eigenvalue weighted by Crippen LogP contribution is -2.36. The minimum Gasteiger partial charge on any atom is -0.338 e. The molecular weight excluding hydrogens is 373 g/mol. The molecule has 0 unspecified atom stereocenters. The summed E-state index contributed by atoms with van der Waals surface area (Å²) in [4.78, 5) is 20.5. The maximum absolute atomic E-state index is 11.9. The van der Waals surface area contributed by atoms with Crippen molar-refractivity contribution in [2.45, 2.75) is 13.0 Å². The number of pyridine rings is 1. The van der Waals surface area contributed by atoms with Crippen LogP contribution in [0.4, 0.5) is 4.79 Å². The summed E-state index contributed by atoms with van der Waals surface area (Å²) in [6.07, 6.45) is 5.86. The van der Waals surface area contributed by atoms with E-state index in [2.05, 4.69) is 20.6 Å². The first-order valence-corrected chi connectivity index (χ1v) is 8.77. The second-order valence-electron chi connectivity index (χ2n) is 5.56. The zero-order chi connectivity index (χ0) is 18.4. The summed E-state index contributed by atoms with van der Waals surface area (Å²) in [5, 5.41) is 6.55. The highest BCUT2D eigenvalue weighted by Gasteiger charge is 2.04. The summed E-state index contributed by atoms with van der Waals surface area (Å²) in [5.74, 6) is 0.795. The van der Waals surface area contributed by atoms with Gasteiger partial charge in [-0.1, -0.05) is 35.3 Å². The number of aromatic nitrogens is 3. The first-order valence-electron chi connectivity index (χ1n) is 8.02. The van der Waals surface area contributed by atoms with Crippen LogP contribution < -0.4 is 10.6 Å². The number of nitrogens with zero attached hydrogens (tertiary/aromatic N) is 3. The Hall–Kier alpha value is -2.57. The van der Waals surface area contributed by atoms with E-state index in [0.717, 1.165) is 17.1 Å². The number of urea groups is 1. The van der Waals surface area contributed by atoms with Crippen LogP contribution in [0.2, 0.25) is 10.0 Å². The van der Waals surface area contributed by atoms with Crippen LogP contribution in [0.5, 0.6) is 0 Å². The zero-order valence-corrected chi connectivity index (χ0v) is 15.3. The quantitative estimate of drug-likeness (QED) is 0.676. The van der Waals surface area contributed by atoms with Crippen LogP contribution in [0.25, 0.3) is 5.82 Å². The molecule has 0 radical (unpaired) electrons. The topological polar surface area (TPSA) is 71.8 Å². The van der Waals surface area contributed by atoms with Gasteiger partial charge in [0.05, 0.1) is 10.0 Å². The van der Waals surface area contributed by atoms with Gasteiger partial charge in [-0.15, -0.1) is 0 Å². The molecule has 0 aliphatic heterocycles. The zero-order valence-electron chi connectivity index (χ0n) is 13.8. The Labute approximate surface area is 161 Å². The van der Waals surface area contributed by atoms with E-state index in [1.54, 1.807) is 24.7 Å². The number of carbonyl (C=O) groups is 1. The van der Waals surface area contributed by atoms with Gasteiger partial charge in [0.1, 0.15) is 12.1 Å². The molecule has 0 saturated heterocycles. The maximum atomic E-state index is 11.9. The first-order chi connectivity index (χ1) is 12.6. The molecule has 0 bridgehead atoms. The molecule has 3 aromatic rings. The van der Waals surface area contributed by atoms with Gasteiger partial charge in [-0.25, -0.2) is 14.8 Å². The average molecular weight is 390 g/mol. The minimum absolute atomic E-state index is 0.248. The molecule has 3 rings (SSSR count). The number of rotatable bonds is 6. The van der Waals surface area contributed by atoms with E-state index in [1.807, 2.05) is 35.0 Å². The molecule has 6 nitrogen and oxygen atoms in total. The number of halogens is 2. The first kappa shape index (κ1) is 18.2. The molecule has 1 aromatic carbocycles. The molecule has 134 valence electrons. The smallest absolute Gasteiger partial charge is 0.315 e.